The molecule has 0 N–H and O–H groups in total. The fourth-order valence-corrected chi connectivity index (χ4v) is 2.62. The van der Waals surface area contributed by atoms with E-state index < -0.39 is 17.5 Å². The quantitative estimate of drug-likeness (QED) is 0.581. The van der Waals surface area contributed by atoms with E-state index in [9.17, 15) is 13.2 Å². The Hall–Kier alpha value is -2.33. The van der Waals surface area contributed by atoms with Crippen LogP contribution in [0.5, 0.6) is 0 Å². The lowest BCUT2D eigenvalue weighted by Gasteiger charge is -2.32. The normalized spacial score (nSPS) is 11.1. The van der Waals surface area contributed by atoms with Crippen molar-refractivity contribution in [3.8, 4) is 0 Å². The van der Waals surface area contributed by atoms with Gasteiger partial charge in [-0.25, -0.2) is 4.39 Å². The fraction of sp³-hybridized carbons (Fsp3) is 0.200. The molecule has 0 aliphatic heterocycles. The molecule has 0 amide bonds. The highest BCUT2D eigenvalue weighted by molar-refractivity contribution is 5.27. The minimum Gasteiger partial charge on any atom is -0.363 e. The topological polar surface area (TPSA) is 9.23 Å². The maximum absolute atomic E-state index is 14.5. The lowest BCUT2D eigenvalue weighted by Crippen LogP contribution is -2.39. The monoisotopic (exact) mass is 332 g/mol. The van der Waals surface area contributed by atoms with Crippen LogP contribution < -0.4 is 0 Å². The van der Waals surface area contributed by atoms with E-state index in [2.05, 4.69) is 6.58 Å². The van der Waals surface area contributed by atoms with Gasteiger partial charge in [-0.2, -0.15) is 8.78 Å². The average molecular weight is 332 g/mol. The average Bonchev–Trinajstić information content (AvgIpc) is 2.60. The first-order valence-corrected chi connectivity index (χ1v) is 7.61. The SMILES string of the molecule is C=CCOC(Cc1ccccc1)(Cc1ccccc1)C(F)=C(F)F. The molecule has 2 rings (SSSR count). The van der Waals surface area contributed by atoms with Gasteiger partial charge in [0.1, 0.15) is 5.60 Å². The second-order valence-corrected chi connectivity index (χ2v) is 5.49. The van der Waals surface area contributed by atoms with Gasteiger partial charge in [0.2, 0.25) is 0 Å². The van der Waals surface area contributed by atoms with Gasteiger partial charge in [-0.1, -0.05) is 66.7 Å². The van der Waals surface area contributed by atoms with Gasteiger partial charge in [-0.15, -0.1) is 6.58 Å². The molecular weight excluding hydrogens is 313 g/mol. The Kier molecular flexibility index (Phi) is 6.38. The minimum atomic E-state index is -2.36. The molecule has 0 aliphatic carbocycles. The van der Waals surface area contributed by atoms with Gasteiger partial charge in [0, 0.05) is 12.8 Å². The Labute approximate surface area is 140 Å². The highest BCUT2D eigenvalue weighted by atomic mass is 19.3. The molecule has 2 aromatic carbocycles. The van der Waals surface area contributed by atoms with Crippen LogP contribution in [0.2, 0.25) is 0 Å². The molecule has 0 saturated carbocycles. The minimum absolute atomic E-state index is 0.000250. The zero-order valence-electron chi connectivity index (χ0n) is 13.2. The summed E-state index contributed by atoms with van der Waals surface area (Å²) in [5, 5.41) is 0. The van der Waals surface area contributed by atoms with Crippen LogP contribution in [-0.2, 0) is 17.6 Å². The van der Waals surface area contributed by atoms with Crippen molar-refractivity contribution in [1.29, 1.82) is 0 Å². The molecule has 1 nitrogen and oxygen atoms in total. The van der Waals surface area contributed by atoms with Crippen LogP contribution in [0.3, 0.4) is 0 Å². The van der Waals surface area contributed by atoms with Crippen molar-refractivity contribution in [3.05, 3.63) is 96.4 Å². The third kappa shape index (κ3) is 4.59. The molecule has 0 heterocycles. The molecule has 0 radical (unpaired) electrons. The summed E-state index contributed by atoms with van der Waals surface area (Å²) in [6.07, 6.45) is -0.931. The number of hydrogen-bond donors (Lipinski definition) is 0. The zero-order valence-corrected chi connectivity index (χ0v) is 13.2. The Morgan fingerprint density at radius 1 is 0.875 bits per heavy atom. The number of halogens is 3. The molecular formula is C20H19F3O. The molecule has 0 aromatic heterocycles. The van der Waals surface area contributed by atoms with E-state index in [0.717, 1.165) is 0 Å². The van der Waals surface area contributed by atoms with E-state index in [0.29, 0.717) is 11.1 Å². The summed E-state index contributed by atoms with van der Waals surface area (Å²) in [6.45, 7) is 3.50. The maximum Gasteiger partial charge on any atom is 0.304 e. The van der Waals surface area contributed by atoms with E-state index in [1.54, 1.807) is 48.5 Å². The number of benzene rings is 2. The van der Waals surface area contributed by atoms with Gasteiger partial charge < -0.3 is 4.74 Å². The van der Waals surface area contributed by atoms with Crippen LogP contribution >= 0.6 is 0 Å². The predicted octanol–water partition coefficient (Wildman–Crippen LogP) is 5.49. The van der Waals surface area contributed by atoms with Crippen LogP contribution in [0.25, 0.3) is 0 Å². The summed E-state index contributed by atoms with van der Waals surface area (Å²) in [5.41, 5.74) is -0.335. The van der Waals surface area contributed by atoms with Crippen molar-refractivity contribution in [2.24, 2.45) is 0 Å². The molecule has 24 heavy (non-hydrogen) atoms. The Morgan fingerprint density at radius 2 is 1.33 bits per heavy atom. The van der Waals surface area contributed by atoms with Gasteiger partial charge in [-0.3, -0.25) is 0 Å². The van der Waals surface area contributed by atoms with Gasteiger partial charge >= 0.3 is 6.08 Å². The van der Waals surface area contributed by atoms with Crippen molar-refractivity contribution in [3.63, 3.8) is 0 Å². The van der Waals surface area contributed by atoms with E-state index in [1.165, 1.54) is 6.08 Å². The highest BCUT2D eigenvalue weighted by Crippen LogP contribution is 2.34. The summed E-state index contributed by atoms with van der Waals surface area (Å²) < 4.78 is 46.4. The van der Waals surface area contributed by atoms with E-state index in [4.69, 9.17) is 4.74 Å². The maximum atomic E-state index is 14.5. The Morgan fingerprint density at radius 3 is 1.71 bits per heavy atom. The third-order valence-corrected chi connectivity index (χ3v) is 3.71. The van der Waals surface area contributed by atoms with Crippen LogP contribution in [-0.4, -0.2) is 12.2 Å². The number of ether oxygens (including phenoxy) is 1. The largest absolute Gasteiger partial charge is 0.363 e. The van der Waals surface area contributed by atoms with Gasteiger partial charge in [0.15, 0.2) is 5.83 Å². The van der Waals surface area contributed by atoms with Crippen molar-refractivity contribution in [2.45, 2.75) is 18.4 Å². The molecule has 0 bridgehead atoms. The van der Waals surface area contributed by atoms with Gasteiger partial charge in [0.25, 0.3) is 0 Å². The van der Waals surface area contributed by atoms with Gasteiger partial charge in [0.05, 0.1) is 6.61 Å². The molecule has 0 unspecified atom stereocenters. The first kappa shape index (κ1) is 18.0. The van der Waals surface area contributed by atoms with Crippen molar-refractivity contribution < 1.29 is 17.9 Å². The van der Waals surface area contributed by atoms with Crippen molar-refractivity contribution in [2.75, 3.05) is 6.61 Å². The van der Waals surface area contributed by atoms with E-state index >= 15 is 0 Å². The lowest BCUT2D eigenvalue weighted by molar-refractivity contribution is -0.0219. The number of hydrogen-bond acceptors (Lipinski definition) is 1. The van der Waals surface area contributed by atoms with Crippen LogP contribution in [0.1, 0.15) is 11.1 Å². The van der Waals surface area contributed by atoms with E-state index in [1.807, 2.05) is 12.1 Å². The van der Waals surface area contributed by atoms with Crippen LogP contribution in [0.4, 0.5) is 13.2 Å². The summed E-state index contributed by atoms with van der Waals surface area (Å²) in [4.78, 5) is 0. The summed E-state index contributed by atoms with van der Waals surface area (Å²) in [5.74, 6) is -1.53. The first-order valence-electron chi connectivity index (χ1n) is 7.61. The fourth-order valence-electron chi connectivity index (χ4n) is 2.62. The summed E-state index contributed by atoms with van der Waals surface area (Å²) >= 11 is 0. The molecule has 126 valence electrons. The van der Waals surface area contributed by atoms with Crippen LogP contribution in [0, 0.1) is 0 Å². The summed E-state index contributed by atoms with van der Waals surface area (Å²) in [7, 11) is 0. The highest BCUT2D eigenvalue weighted by Gasteiger charge is 2.40. The summed E-state index contributed by atoms with van der Waals surface area (Å²) in [6, 6.07) is 17.8. The first-order chi connectivity index (χ1) is 11.6. The molecule has 4 heteroatoms. The van der Waals surface area contributed by atoms with Crippen molar-refractivity contribution in [1.82, 2.24) is 0 Å². The lowest BCUT2D eigenvalue weighted by atomic mass is 9.86. The van der Waals surface area contributed by atoms with E-state index in [-0.39, 0.29) is 19.4 Å². The molecule has 0 fully saturated rings. The van der Waals surface area contributed by atoms with Gasteiger partial charge in [-0.05, 0) is 11.1 Å². The second-order valence-electron chi connectivity index (χ2n) is 5.49. The molecule has 2 aromatic rings. The Balaban J connectivity index is 2.46. The third-order valence-electron chi connectivity index (χ3n) is 3.71. The number of rotatable bonds is 8. The standard InChI is InChI=1S/C20H19F3O/c1-2-13-24-20(18(21)19(22)23,14-16-9-5-3-6-10-16)15-17-11-7-4-8-12-17/h2-12H,1,13-15H2. The molecule has 0 saturated heterocycles. The second kappa shape index (κ2) is 8.50. The molecule has 0 spiro atoms. The van der Waals surface area contributed by atoms with Crippen LogP contribution in [0.15, 0.2) is 85.2 Å². The Bertz CT molecular complexity index is 635. The molecule has 0 aliphatic rings. The molecule has 0 atom stereocenters. The predicted molar refractivity (Wildman–Crippen MR) is 89.5 cm³/mol. The smallest absolute Gasteiger partial charge is 0.304 e. The van der Waals surface area contributed by atoms with Crippen molar-refractivity contribution >= 4 is 0 Å². The zero-order chi connectivity index (χ0) is 17.4.